The highest BCUT2D eigenvalue weighted by Crippen LogP contribution is 2.34. The molecule has 0 radical (unpaired) electrons. The van der Waals surface area contributed by atoms with Crippen LogP contribution in [0.4, 0.5) is 0 Å². The van der Waals surface area contributed by atoms with Gasteiger partial charge in [-0.1, -0.05) is 65.7 Å². The molecule has 0 fully saturated rings. The number of halogens is 1. The Hall–Kier alpha value is 0.290. The molecule has 0 aliphatic carbocycles. The molecule has 0 aromatic rings. The van der Waals surface area contributed by atoms with E-state index in [1.807, 2.05) is 0 Å². The van der Waals surface area contributed by atoms with Gasteiger partial charge in [0.15, 0.2) is 0 Å². The van der Waals surface area contributed by atoms with Gasteiger partial charge in [-0.15, -0.1) is 11.6 Å². The Morgan fingerprint density at radius 1 is 0.750 bits per heavy atom. The van der Waals surface area contributed by atoms with Crippen LogP contribution < -0.4 is 0 Å². The third kappa shape index (κ3) is 6.78. The van der Waals surface area contributed by atoms with E-state index in [-0.39, 0.29) is 0 Å². The quantitative estimate of drug-likeness (QED) is 0.302. The monoisotopic (exact) mass is 246 g/mol. The van der Waals surface area contributed by atoms with E-state index in [9.17, 15) is 0 Å². The van der Waals surface area contributed by atoms with Gasteiger partial charge in [0.05, 0.1) is 0 Å². The molecular weight excluding hydrogens is 216 g/mol. The number of hydrogen-bond acceptors (Lipinski definition) is 0. The van der Waals surface area contributed by atoms with Crippen molar-refractivity contribution in [2.75, 3.05) is 5.88 Å². The van der Waals surface area contributed by atoms with Crippen molar-refractivity contribution in [1.29, 1.82) is 0 Å². The molecule has 0 spiro atoms. The lowest BCUT2D eigenvalue weighted by molar-refractivity contribution is 0.267. The van der Waals surface area contributed by atoms with Gasteiger partial charge in [0.25, 0.3) is 0 Å². The Bertz CT molecular complexity index is 130. The van der Waals surface area contributed by atoms with Gasteiger partial charge < -0.3 is 0 Å². The summed E-state index contributed by atoms with van der Waals surface area (Å²) in [5, 5.41) is 0. The SMILES string of the molecule is CCCCCCCCCC(CC)(CC)CCl. The fraction of sp³-hybridized carbons (Fsp3) is 1.00. The van der Waals surface area contributed by atoms with Crippen molar-refractivity contribution in [3.63, 3.8) is 0 Å². The molecule has 0 aromatic carbocycles. The van der Waals surface area contributed by atoms with Gasteiger partial charge in [0.1, 0.15) is 0 Å². The molecule has 0 bridgehead atoms. The van der Waals surface area contributed by atoms with Crippen molar-refractivity contribution < 1.29 is 0 Å². The molecule has 0 nitrogen and oxygen atoms in total. The van der Waals surface area contributed by atoms with Crippen molar-refractivity contribution in [2.24, 2.45) is 5.41 Å². The molecule has 0 saturated carbocycles. The van der Waals surface area contributed by atoms with Crippen molar-refractivity contribution >= 4 is 11.6 Å². The van der Waals surface area contributed by atoms with Crippen LogP contribution in [0.3, 0.4) is 0 Å². The first kappa shape index (κ1) is 16.3. The Balaban J connectivity index is 3.48. The van der Waals surface area contributed by atoms with Gasteiger partial charge in [0, 0.05) is 5.88 Å². The Morgan fingerprint density at radius 3 is 1.69 bits per heavy atom. The van der Waals surface area contributed by atoms with Crippen LogP contribution in [0.5, 0.6) is 0 Å². The second-order valence-electron chi connectivity index (χ2n) is 5.21. The molecule has 0 atom stereocenters. The topological polar surface area (TPSA) is 0 Å². The fourth-order valence-electron chi connectivity index (χ4n) is 2.32. The van der Waals surface area contributed by atoms with Crippen molar-refractivity contribution in [2.45, 2.75) is 85.0 Å². The van der Waals surface area contributed by atoms with Gasteiger partial charge in [0.2, 0.25) is 0 Å². The minimum atomic E-state index is 0.435. The third-order valence-corrected chi connectivity index (χ3v) is 4.66. The minimum Gasteiger partial charge on any atom is -0.126 e. The molecule has 1 heteroatoms. The zero-order chi connectivity index (χ0) is 12.3. The summed E-state index contributed by atoms with van der Waals surface area (Å²) in [6.45, 7) is 6.84. The molecule has 0 aromatic heterocycles. The van der Waals surface area contributed by atoms with E-state index >= 15 is 0 Å². The van der Waals surface area contributed by atoms with Crippen molar-refractivity contribution in [1.82, 2.24) is 0 Å². The van der Waals surface area contributed by atoms with Gasteiger partial charge in [-0.25, -0.2) is 0 Å². The maximum atomic E-state index is 6.11. The molecule has 0 saturated heterocycles. The average molecular weight is 247 g/mol. The first-order valence-corrected chi connectivity index (χ1v) is 7.84. The molecule has 0 aliphatic rings. The molecule has 98 valence electrons. The van der Waals surface area contributed by atoms with Crippen LogP contribution in [-0.4, -0.2) is 5.88 Å². The van der Waals surface area contributed by atoms with E-state index in [1.54, 1.807) is 0 Å². The Labute approximate surface area is 108 Å². The fourth-order valence-corrected chi connectivity index (χ4v) is 2.83. The molecule has 16 heavy (non-hydrogen) atoms. The molecular formula is C15H31Cl. The lowest BCUT2D eigenvalue weighted by Crippen LogP contribution is -2.20. The van der Waals surface area contributed by atoms with E-state index in [4.69, 9.17) is 11.6 Å². The minimum absolute atomic E-state index is 0.435. The zero-order valence-electron chi connectivity index (χ0n) is 11.7. The Morgan fingerprint density at radius 2 is 1.25 bits per heavy atom. The summed E-state index contributed by atoms with van der Waals surface area (Å²) in [7, 11) is 0. The van der Waals surface area contributed by atoms with Crippen LogP contribution in [0.1, 0.15) is 85.0 Å². The number of alkyl halides is 1. The third-order valence-electron chi connectivity index (χ3n) is 4.09. The van der Waals surface area contributed by atoms with Crippen LogP contribution in [-0.2, 0) is 0 Å². The smallest absolute Gasteiger partial charge is 0.0279 e. The van der Waals surface area contributed by atoms with Crippen molar-refractivity contribution in [3.05, 3.63) is 0 Å². The van der Waals surface area contributed by atoms with Crippen LogP contribution in [0.2, 0.25) is 0 Å². The number of rotatable bonds is 11. The first-order valence-electron chi connectivity index (χ1n) is 7.30. The van der Waals surface area contributed by atoms with E-state index in [1.165, 1.54) is 64.2 Å². The van der Waals surface area contributed by atoms with Crippen LogP contribution in [0.15, 0.2) is 0 Å². The van der Waals surface area contributed by atoms with Gasteiger partial charge in [-0.3, -0.25) is 0 Å². The van der Waals surface area contributed by atoms with Crippen LogP contribution >= 0.6 is 11.6 Å². The summed E-state index contributed by atoms with van der Waals surface area (Å²) >= 11 is 6.11. The summed E-state index contributed by atoms with van der Waals surface area (Å²) < 4.78 is 0. The van der Waals surface area contributed by atoms with E-state index in [0.717, 1.165) is 5.88 Å². The summed E-state index contributed by atoms with van der Waals surface area (Å²) in [6, 6.07) is 0. The number of unbranched alkanes of at least 4 members (excludes halogenated alkanes) is 6. The second-order valence-corrected chi connectivity index (χ2v) is 5.48. The zero-order valence-corrected chi connectivity index (χ0v) is 12.4. The molecule has 0 N–H and O–H groups in total. The van der Waals surface area contributed by atoms with Crippen LogP contribution in [0, 0.1) is 5.41 Å². The van der Waals surface area contributed by atoms with Gasteiger partial charge >= 0.3 is 0 Å². The largest absolute Gasteiger partial charge is 0.126 e. The first-order chi connectivity index (χ1) is 7.74. The van der Waals surface area contributed by atoms with Crippen molar-refractivity contribution in [3.8, 4) is 0 Å². The van der Waals surface area contributed by atoms with E-state index < -0.39 is 0 Å². The molecule has 0 amide bonds. The van der Waals surface area contributed by atoms with E-state index in [2.05, 4.69) is 20.8 Å². The molecule has 0 rings (SSSR count). The highest BCUT2D eigenvalue weighted by molar-refractivity contribution is 6.18. The van der Waals surface area contributed by atoms with Gasteiger partial charge in [-0.05, 0) is 24.7 Å². The highest BCUT2D eigenvalue weighted by atomic mass is 35.5. The summed E-state index contributed by atoms with van der Waals surface area (Å²) in [5.74, 6) is 0.843. The predicted molar refractivity (Wildman–Crippen MR) is 76.3 cm³/mol. The highest BCUT2D eigenvalue weighted by Gasteiger charge is 2.23. The summed E-state index contributed by atoms with van der Waals surface area (Å²) in [6.07, 6.45) is 13.6. The maximum absolute atomic E-state index is 6.11. The van der Waals surface area contributed by atoms with Gasteiger partial charge in [-0.2, -0.15) is 0 Å². The standard InChI is InChI=1S/C15H31Cl/c1-4-7-8-9-10-11-12-13-15(5-2,6-3)14-16/h4-14H2,1-3H3. The maximum Gasteiger partial charge on any atom is 0.0279 e. The predicted octanol–water partition coefficient (Wildman–Crippen LogP) is 6.17. The second kappa shape index (κ2) is 10.4. The van der Waals surface area contributed by atoms with E-state index in [0.29, 0.717) is 5.41 Å². The molecule has 0 aliphatic heterocycles. The average Bonchev–Trinajstić information content (AvgIpc) is 2.34. The lowest BCUT2D eigenvalue weighted by Gasteiger charge is -2.29. The molecule has 0 unspecified atom stereocenters. The lowest BCUT2D eigenvalue weighted by atomic mass is 9.79. The molecule has 0 heterocycles. The van der Waals surface area contributed by atoms with Crippen LogP contribution in [0.25, 0.3) is 0 Å². The Kier molecular flexibility index (Phi) is 10.6. The normalized spacial score (nSPS) is 12.0. The summed E-state index contributed by atoms with van der Waals surface area (Å²) in [4.78, 5) is 0. The summed E-state index contributed by atoms with van der Waals surface area (Å²) in [5.41, 5.74) is 0.435. The number of hydrogen-bond donors (Lipinski definition) is 0.